The largest absolute Gasteiger partial charge is 0.338 e. The van der Waals surface area contributed by atoms with Gasteiger partial charge in [0.15, 0.2) is 22.9 Å². The van der Waals surface area contributed by atoms with Gasteiger partial charge in [-0.3, -0.25) is 4.79 Å². The molecule has 0 saturated carbocycles. The van der Waals surface area contributed by atoms with E-state index in [9.17, 15) is 4.79 Å². The summed E-state index contributed by atoms with van der Waals surface area (Å²) in [6.07, 6.45) is 5.57. The summed E-state index contributed by atoms with van der Waals surface area (Å²) in [5.74, 6) is 3.52. The first-order valence-corrected chi connectivity index (χ1v) is 24.0. The number of amides is 1. The molecule has 356 valence electrons. The second-order valence-electron chi connectivity index (χ2n) is 19.2. The maximum Gasteiger partial charge on any atom is 0.229 e. The van der Waals surface area contributed by atoms with Crippen molar-refractivity contribution in [3.8, 4) is 0 Å². The third-order valence-corrected chi connectivity index (χ3v) is 13.5. The molecule has 10 rings (SSSR count). The molecule has 2 unspecified atom stereocenters. The molecule has 2 aliphatic heterocycles. The number of aromatic nitrogens is 8. The average molecular weight is 925 g/mol. The molecule has 0 fully saturated rings. The average Bonchev–Trinajstić information content (AvgIpc) is 3.81. The van der Waals surface area contributed by atoms with Crippen molar-refractivity contribution in [3.05, 3.63) is 130 Å². The molecule has 69 heavy (non-hydrogen) atoms. The van der Waals surface area contributed by atoms with Gasteiger partial charge in [-0.2, -0.15) is 20.2 Å². The highest BCUT2D eigenvalue weighted by molar-refractivity contribution is 5.91. The SMILES string of the molecule is CC(=O)N1CCc2ccc(Nc3ncc4c(Nc5c(C)cccc5C)nn(C)c4n3)cc2C1C(C)C.Cc1cccc(C)c1Nc1nn(C)c2nc(Nc3ccc4c(c3)C(C(C)C)NCC4)ncc12. The van der Waals surface area contributed by atoms with E-state index in [0.29, 0.717) is 29.8 Å². The van der Waals surface area contributed by atoms with Crippen LogP contribution in [0.15, 0.2) is 85.2 Å². The number of carbonyl (C=O) groups excluding carboxylic acids is 1. The Morgan fingerprint density at radius 1 is 0.638 bits per heavy atom. The Morgan fingerprint density at radius 2 is 1.12 bits per heavy atom. The fourth-order valence-corrected chi connectivity index (χ4v) is 9.95. The molecule has 15 nitrogen and oxygen atoms in total. The van der Waals surface area contributed by atoms with Crippen molar-refractivity contribution in [2.75, 3.05) is 34.4 Å². The smallest absolute Gasteiger partial charge is 0.229 e. The third kappa shape index (κ3) is 9.56. The van der Waals surface area contributed by atoms with E-state index in [0.717, 1.165) is 93.5 Å². The summed E-state index contributed by atoms with van der Waals surface area (Å²) < 4.78 is 3.56. The molecule has 0 bridgehead atoms. The van der Waals surface area contributed by atoms with Gasteiger partial charge < -0.3 is 31.5 Å². The lowest BCUT2D eigenvalue weighted by molar-refractivity contribution is -0.132. The van der Waals surface area contributed by atoms with Gasteiger partial charge in [-0.05, 0) is 128 Å². The summed E-state index contributed by atoms with van der Waals surface area (Å²) in [6.45, 7) is 20.6. The summed E-state index contributed by atoms with van der Waals surface area (Å²) in [6, 6.07) is 25.8. The zero-order valence-corrected chi connectivity index (χ0v) is 41.7. The lowest BCUT2D eigenvalue weighted by Crippen LogP contribution is -2.41. The molecule has 0 aliphatic carbocycles. The quantitative estimate of drug-likeness (QED) is 0.0882. The van der Waals surface area contributed by atoms with Gasteiger partial charge in [0.1, 0.15) is 0 Å². The van der Waals surface area contributed by atoms with Crippen LogP contribution in [0.25, 0.3) is 22.1 Å². The Bertz CT molecular complexity index is 3160. The van der Waals surface area contributed by atoms with Gasteiger partial charge in [-0.1, -0.05) is 76.2 Å². The molecular formula is C54H64N14O. The van der Waals surface area contributed by atoms with Crippen LogP contribution < -0.4 is 26.6 Å². The molecule has 1 amide bonds. The van der Waals surface area contributed by atoms with E-state index < -0.39 is 0 Å². The summed E-state index contributed by atoms with van der Waals surface area (Å²) in [7, 11) is 3.80. The number of aryl methyl sites for hydroxylation is 6. The van der Waals surface area contributed by atoms with Crippen LogP contribution in [0, 0.1) is 39.5 Å². The van der Waals surface area contributed by atoms with Crippen LogP contribution in [0.2, 0.25) is 0 Å². The third-order valence-electron chi connectivity index (χ3n) is 13.5. The highest BCUT2D eigenvalue weighted by atomic mass is 16.2. The Balaban J connectivity index is 0.000000172. The van der Waals surface area contributed by atoms with E-state index in [1.165, 1.54) is 33.4 Å². The number of nitrogens with zero attached hydrogens (tertiary/aromatic N) is 9. The molecule has 15 heteroatoms. The first-order chi connectivity index (χ1) is 33.1. The number of nitrogens with one attached hydrogen (secondary N) is 5. The van der Waals surface area contributed by atoms with Crippen molar-refractivity contribution in [1.82, 2.24) is 49.7 Å². The minimum atomic E-state index is 0.0620. The molecule has 6 heterocycles. The number of hydrogen-bond donors (Lipinski definition) is 5. The van der Waals surface area contributed by atoms with Crippen molar-refractivity contribution in [2.45, 2.75) is 87.2 Å². The molecule has 8 aromatic rings. The minimum absolute atomic E-state index is 0.0620. The Morgan fingerprint density at radius 3 is 1.58 bits per heavy atom. The number of benzene rings is 4. The number of fused-ring (bicyclic) bond motifs is 4. The predicted molar refractivity (Wildman–Crippen MR) is 278 cm³/mol. The molecule has 4 aromatic carbocycles. The lowest BCUT2D eigenvalue weighted by atomic mass is 9.86. The monoisotopic (exact) mass is 925 g/mol. The fraction of sp³-hybridized carbons (Fsp3) is 0.352. The van der Waals surface area contributed by atoms with Crippen LogP contribution in [0.4, 0.5) is 46.3 Å². The van der Waals surface area contributed by atoms with Crippen molar-refractivity contribution < 1.29 is 4.79 Å². The highest BCUT2D eigenvalue weighted by Crippen LogP contribution is 2.38. The molecule has 2 aliphatic rings. The molecule has 4 aromatic heterocycles. The van der Waals surface area contributed by atoms with Gasteiger partial charge in [0, 0.05) is 68.7 Å². The number of hydrogen-bond acceptors (Lipinski definition) is 12. The Labute approximate surface area is 404 Å². The van der Waals surface area contributed by atoms with E-state index >= 15 is 0 Å². The molecule has 2 atom stereocenters. The highest BCUT2D eigenvalue weighted by Gasteiger charge is 2.32. The minimum Gasteiger partial charge on any atom is -0.338 e. The molecule has 5 N–H and O–H groups in total. The number of carbonyl (C=O) groups is 1. The van der Waals surface area contributed by atoms with Gasteiger partial charge >= 0.3 is 0 Å². The summed E-state index contributed by atoms with van der Waals surface area (Å²) in [4.78, 5) is 33.0. The van der Waals surface area contributed by atoms with Gasteiger partial charge in [0.2, 0.25) is 17.8 Å². The van der Waals surface area contributed by atoms with E-state index in [2.05, 4.69) is 175 Å². The summed E-state index contributed by atoms with van der Waals surface area (Å²) in [5.41, 5.74) is 15.5. The van der Waals surface area contributed by atoms with E-state index in [4.69, 9.17) is 9.97 Å². The first-order valence-electron chi connectivity index (χ1n) is 24.0. The van der Waals surface area contributed by atoms with Crippen LogP contribution in [-0.4, -0.2) is 63.4 Å². The Kier molecular flexibility index (Phi) is 13.1. The van der Waals surface area contributed by atoms with Crippen molar-refractivity contribution in [1.29, 1.82) is 0 Å². The van der Waals surface area contributed by atoms with Gasteiger partial charge in [-0.15, -0.1) is 0 Å². The van der Waals surface area contributed by atoms with Crippen molar-refractivity contribution in [3.63, 3.8) is 0 Å². The molecular weight excluding hydrogens is 861 g/mol. The van der Waals surface area contributed by atoms with Crippen LogP contribution in [-0.2, 0) is 31.7 Å². The van der Waals surface area contributed by atoms with Gasteiger partial charge in [-0.25, -0.2) is 19.3 Å². The van der Waals surface area contributed by atoms with E-state index in [-0.39, 0.29) is 11.9 Å². The summed E-state index contributed by atoms with van der Waals surface area (Å²) >= 11 is 0. The zero-order valence-electron chi connectivity index (χ0n) is 41.7. The fourth-order valence-electron chi connectivity index (χ4n) is 9.95. The zero-order chi connectivity index (χ0) is 48.7. The summed E-state index contributed by atoms with van der Waals surface area (Å²) in [5, 5.41) is 28.4. The first kappa shape index (κ1) is 46.7. The van der Waals surface area contributed by atoms with Gasteiger partial charge in [0.25, 0.3) is 0 Å². The molecule has 0 saturated heterocycles. The topological polar surface area (TPSA) is 168 Å². The van der Waals surface area contributed by atoms with Gasteiger partial charge in [0.05, 0.1) is 16.8 Å². The molecule has 0 spiro atoms. The van der Waals surface area contributed by atoms with E-state index in [1.54, 1.807) is 22.5 Å². The number of rotatable bonds is 10. The maximum absolute atomic E-state index is 12.3. The van der Waals surface area contributed by atoms with Crippen LogP contribution in [0.1, 0.15) is 91.2 Å². The standard InChI is InChI=1S/C28H33N7O.C26H31N7/c1-16(2)25-22-14-21(11-10-20(22)12-13-35(25)19(5)36)30-28-29-15-23-26(33-34(6)27(23)32-28)31-24-17(3)8-7-9-18(24)4;1-15(2)22-20-13-19(10-9-18(20)11-12-27-22)29-26-28-14-21-24(32-33(5)25(21)31-26)30-23-16(3)7-6-8-17(23)4/h7-11,14-16,25H,12-13H2,1-6H3,(H,31,33)(H,29,30,32);6-10,13-15,22,27H,11-12H2,1-5H3,(H,30,32)(H,28,29,31). The normalized spacial score (nSPS) is 15.5. The maximum atomic E-state index is 12.3. The Hall–Kier alpha value is -7.39. The van der Waals surface area contributed by atoms with Crippen LogP contribution >= 0.6 is 0 Å². The molecule has 0 radical (unpaired) electrons. The second-order valence-corrected chi connectivity index (χ2v) is 19.2. The second kappa shape index (κ2) is 19.3. The van der Waals surface area contributed by atoms with Crippen molar-refractivity contribution >= 4 is 74.3 Å². The van der Waals surface area contributed by atoms with Crippen molar-refractivity contribution in [2.24, 2.45) is 25.9 Å². The van der Waals surface area contributed by atoms with Crippen LogP contribution in [0.5, 0.6) is 0 Å². The number of para-hydroxylation sites is 2. The van der Waals surface area contributed by atoms with Crippen LogP contribution in [0.3, 0.4) is 0 Å². The number of anilines is 8. The predicted octanol–water partition coefficient (Wildman–Crippen LogP) is 10.9. The van der Waals surface area contributed by atoms with E-state index in [1.807, 2.05) is 25.2 Å². The lowest BCUT2D eigenvalue weighted by Gasteiger charge is -2.39.